The van der Waals surface area contributed by atoms with E-state index in [0.29, 0.717) is 29.2 Å². The molecule has 2 aromatic heterocycles. The van der Waals surface area contributed by atoms with Crippen molar-refractivity contribution >= 4 is 27.0 Å². The Morgan fingerprint density at radius 2 is 2.04 bits per heavy atom. The van der Waals surface area contributed by atoms with Gasteiger partial charge in [0.15, 0.2) is 5.65 Å². The predicted molar refractivity (Wildman–Crippen MR) is 87.7 cm³/mol. The standard InChI is InChI=1S/C15H14BrFN4O2/c1-10-19-14-13(15(22)21(10)23-8-2-7-16)9-18-20(14)12-5-3-11(17)4-6-12/h3-6,9H,2,7-8H2,1H3. The molecular weight excluding hydrogens is 367 g/mol. The zero-order chi connectivity index (χ0) is 16.4. The summed E-state index contributed by atoms with van der Waals surface area (Å²) in [5.74, 6) is 0.0952. The number of aromatic nitrogens is 4. The van der Waals surface area contributed by atoms with Crippen molar-refractivity contribution in [2.75, 3.05) is 11.9 Å². The Kier molecular flexibility index (Phi) is 4.42. The van der Waals surface area contributed by atoms with Crippen LogP contribution in [0.25, 0.3) is 16.7 Å². The zero-order valence-electron chi connectivity index (χ0n) is 12.4. The van der Waals surface area contributed by atoms with Gasteiger partial charge in [-0.15, -0.1) is 4.73 Å². The Labute approximate surface area is 139 Å². The molecule has 0 bridgehead atoms. The van der Waals surface area contributed by atoms with Gasteiger partial charge in [-0.1, -0.05) is 15.9 Å². The Morgan fingerprint density at radius 3 is 2.74 bits per heavy atom. The SMILES string of the molecule is Cc1nc2c(cnn2-c2ccc(F)cc2)c(=O)n1OCCCBr. The van der Waals surface area contributed by atoms with Gasteiger partial charge in [0.25, 0.3) is 5.56 Å². The molecule has 0 unspecified atom stereocenters. The molecule has 8 heteroatoms. The van der Waals surface area contributed by atoms with Gasteiger partial charge < -0.3 is 4.84 Å². The lowest BCUT2D eigenvalue weighted by atomic mass is 10.3. The summed E-state index contributed by atoms with van der Waals surface area (Å²) in [6.07, 6.45) is 2.22. The first-order valence-electron chi connectivity index (χ1n) is 7.04. The fourth-order valence-electron chi connectivity index (χ4n) is 2.19. The number of rotatable bonds is 5. The maximum Gasteiger partial charge on any atom is 0.297 e. The predicted octanol–water partition coefficient (Wildman–Crippen LogP) is 2.24. The van der Waals surface area contributed by atoms with E-state index in [4.69, 9.17) is 4.84 Å². The molecule has 2 heterocycles. The van der Waals surface area contributed by atoms with Crippen molar-refractivity contribution < 1.29 is 9.23 Å². The summed E-state index contributed by atoms with van der Waals surface area (Å²) in [7, 11) is 0. The lowest BCUT2D eigenvalue weighted by molar-refractivity contribution is 0.0966. The Balaban J connectivity index is 2.08. The van der Waals surface area contributed by atoms with Crippen LogP contribution in [-0.2, 0) is 0 Å². The minimum Gasteiger partial charge on any atom is -0.409 e. The first-order chi connectivity index (χ1) is 11.1. The summed E-state index contributed by atoms with van der Waals surface area (Å²) in [5.41, 5.74) is 0.737. The normalized spacial score (nSPS) is 11.1. The van der Waals surface area contributed by atoms with Crippen LogP contribution in [0.1, 0.15) is 12.2 Å². The van der Waals surface area contributed by atoms with Gasteiger partial charge in [-0.25, -0.2) is 14.1 Å². The first kappa shape index (κ1) is 15.7. The molecule has 0 aliphatic rings. The molecule has 0 aliphatic heterocycles. The van der Waals surface area contributed by atoms with Gasteiger partial charge in [-0.05, 0) is 37.6 Å². The first-order valence-corrected chi connectivity index (χ1v) is 8.16. The molecule has 0 radical (unpaired) electrons. The monoisotopic (exact) mass is 380 g/mol. The third-order valence-electron chi connectivity index (χ3n) is 3.29. The van der Waals surface area contributed by atoms with Crippen LogP contribution in [0.5, 0.6) is 0 Å². The van der Waals surface area contributed by atoms with E-state index in [-0.39, 0.29) is 11.4 Å². The van der Waals surface area contributed by atoms with Crippen molar-refractivity contribution in [3.05, 3.63) is 52.5 Å². The van der Waals surface area contributed by atoms with Gasteiger partial charge in [0.1, 0.15) is 23.6 Å². The van der Waals surface area contributed by atoms with E-state index in [1.807, 2.05) is 0 Å². The van der Waals surface area contributed by atoms with Crippen molar-refractivity contribution in [1.82, 2.24) is 19.5 Å². The summed E-state index contributed by atoms with van der Waals surface area (Å²) in [6.45, 7) is 2.10. The number of benzene rings is 1. The van der Waals surface area contributed by atoms with Crippen molar-refractivity contribution in [1.29, 1.82) is 0 Å². The molecule has 0 spiro atoms. The second-order valence-electron chi connectivity index (χ2n) is 4.90. The van der Waals surface area contributed by atoms with E-state index in [0.717, 1.165) is 11.8 Å². The summed E-state index contributed by atoms with van der Waals surface area (Å²) < 4.78 is 15.7. The Bertz CT molecular complexity index is 889. The Morgan fingerprint density at radius 1 is 1.30 bits per heavy atom. The van der Waals surface area contributed by atoms with Crippen LogP contribution in [0.4, 0.5) is 4.39 Å². The molecule has 3 rings (SSSR count). The van der Waals surface area contributed by atoms with Crippen LogP contribution in [0, 0.1) is 12.7 Å². The molecule has 0 N–H and O–H groups in total. The third kappa shape index (κ3) is 2.98. The van der Waals surface area contributed by atoms with Crippen LogP contribution in [0.15, 0.2) is 35.3 Å². The molecule has 0 saturated heterocycles. The molecule has 1 aromatic carbocycles. The molecule has 0 saturated carbocycles. The second-order valence-corrected chi connectivity index (χ2v) is 5.70. The highest BCUT2D eigenvalue weighted by atomic mass is 79.9. The van der Waals surface area contributed by atoms with E-state index in [2.05, 4.69) is 26.0 Å². The zero-order valence-corrected chi connectivity index (χ0v) is 14.0. The van der Waals surface area contributed by atoms with Gasteiger partial charge in [-0.3, -0.25) is 4.79 Å². The minimum atomic E-state index is -0.336. The van der Waals surface area contributed by atoms with Crippen molar-refractivity contribution in [2.24, 2.45) is 0 Å². The highest BCUT2D eigenvalue weighted by Crippen LogP contribution is 2.14. The van der Waals surface area contributed by atoms with Crippen LogP contribution in [-0.4, -0.2) is 31.4 Å². The number of hydrogen-bond donors (Lipinski definition) is 0. The number of halogens is 2. The van der Waals surface area contributed by atoms with Gasteiger partial charge in [-0.2, -0.15) is 5.10 Å². The molecule has 6 nitrogen and oxygen atoms in total. The van der Waals surface area contributed by atoms with Crippen LogP contribution in [0.2, 0.25) is 0 Å². The Hall–Kier alpha value is -2.22. The van der Waals surface area contributed by atoms with Crippen molar-refractivity contribution in [2.45, 2.75) is 13.3 Å². The maximum atomic E-state index is 13.1. The molecule has 0 fully saturated rings. The molecular formula is C15H14BrFN4O2. The largest absolute Gasteiger partial charge is 0.409 e. The van der Waals surface area contributed by atoms with E-state index in [1.54, 1.807) is 19.1 Å². The van der Waals surface area contributed by atoms with E-state index < -0.39 is 0 Å². The van der Waals surface area contributed by atoms with Crippen molar-refractivity contribution in [3.63, 3.8) is 0 Å². The molecule has 120 valence electrons. The lowest BCUT2D eigenvalue weighted by Crippen LogP contribution is -2.30. The lowest BCUT2D eigenvalue weighted by Gasteiger charge is -2.10. The highest BCUT2D eigenvalue weighted by Gasteiger charge is 2.14. The van der Waals surface area contributed by atoms with Crippen LogP contribution >= 0.6 is 15.9 Å². The average Bonchev–Trinajstić information content (AvgIpc) is 2.95. The topological polar surface area (TPSA) is 61.9 Å². The van der Waals surface area contributed by atoms with E-state index in [9.17, 15) is 9.18 Å². The summed E-state index contributed by atoms with van der Waals surface area (Å²) >= 11 is 3.31. The molecule has 23 heavy (non-hydrogen) atoms. The van der Waals surface area contributed by atoms with Crippen molar-refractivity contribution in [3.8, 4) is 5.69 Å². The summed E-state index contributed by atoms with van der Waals surface area (Å²) in [4.78, 5) is 22.4. The minimum absolute atomic E-state index is 0.310. The number of hydrogen-bond acceptors (Lipinski definition) is 4. The van der Waals surface area contributed by atoms with Gasteiger partial charge >= 0.3 is 0 Å². The quantitative estimate of drug-likeness (QED) is 0.503. The second kappa shape index (κ2) is 6.49. The van der Waals surface area contributed by atoms with E-state index in [1.165, 1.54) is 27.7 Å². The number of fused-ring (bicyclic) bond motifs is 1. The molecule has 3 aromatic rings. The number of nitrogens with zero attached hydrogens (tertiary/aromatic N) is 4. The van der Waals surface area contributed by atoms with Crippen LogP contribution in [0.3, 0.4) is 0 Å². The van der Waals surface area contributed by atoms with Gasteiger partial charge in [0, 0.05) is 5.33 Å². The average molecular weight is 381 g/mol. The molecule has 0 aliphatic carbocycles. The number of alkyl halides is 1. The van der Waals surface area contributed by atoms with Gasteiger partial charge in [0.05, 0.1) is 11.9 Å². The smallest absolute Gasteiger partial charge is 0.297 e. The number of aryl methyl sites for hydroxylation is 1. The fraction of sp³-hybridized carbons (Fsp3) is 0.267. The van der Waals surface area contributed by atoms with Gasteiger partial charge in [0.2, 0.25) is 0 Å². The molecule has 0 amide bonds. The highest BCUT2D eigenvalue weighted by molar-refractivity contribution is 9.09. The van der Waals surface area contributed by atoms with Crippen LogP contribution < -0.4 is 10.4 Å². The summed E-state index contributed by atoms with van der Waals surface area (Å²) in [6, 6.07) is 5.83. The third-order valence-corrected chi connectivity index (χ3v) is 3.85. The maximum absolute atomic E-state index is 13.1. The summed E-state index contributed by atoms with van der Waals surface area (Å²) in [5, 5.41) is 5.33. The molecule has 0 atom stereocenters. The van der Waals surface area contributed by atoms with E-state index >= 15 is 0 Å². The fourth-order valence-corrected chi connectivity index (χ4v) is 2.42.